The number of hydrogen-bond acceptors (Lipinski definition) is 2. The number of anilines is 1. The Bertz CT molecular complexity index is 476. The van der Waals surface area contributed by atoms with Gasteiger partial charge in [-0.3, -0.25) is 9.59 Å². The summed E-state index contributed by atoms with van der Waals surface area (Å²) in [6.45, 7) is 4.48. The zero-order valence-electron chi connectivity index (χ0n) is 12.7. The summed E-state index contributed by atoms with van der Waals surface area (Å²) < 4.78 is 0. The molecular weight excluding hydrogens is 290 g/mol. The maximum absolute atomic E-state index is 11.9. The first kappa shape index (κ1) is 17.5. The van der Waals surface area contributed by atoms with Crippen LogP contribution in [0.4, 0.5) is 5.69 Å². The minimum absolute atomic E-state index is 0.0406. The fraction of sp³-hybridized carbons (Fsp3) is 0.467. The van der Waals surface area contributed by atoms with E-state index in [-0.39, 0.29) is 30.9 Å². The fourth-order valence-corrected chi connectivity index (χ4v) is 1.90. The second kappa shape index (κ2) is 8.64. The van der Waals surface area contributed by atoms with Crippen LogP contribution in [0.2, 0.25) is 5.02 Å². The van der Waals surface area contributed by atoms with Crippen molar-refractivity contribution in [1.29, 1.82) is 0 Å². The number of nitrogens with one attached hydrogen (secondary N) is 3. The van der Waals surface area contributed by atoms with E-state index in [0.717, 1.165) is 11.3 Å². The molecule has 6 heteroatoms. The molecule has 5 nitrogen and oxygen atoms in total. The third-order valence-corrected chi connectivity index (χ3v) is 3.32. The first-order valence-electron chi connectivity index (χ1n) is 7.06. The van der Waals surface area contributed by atoms with E-state index in [0.29, 0.717) is 10.7 Å². The molecule has 0 aromatic heterocycles. The maximum atomic E-state index is 11.9. The van der Waals surface area contributed by atoms with Gasteiger partial charge < -0.3 is 15.5 Å². The summed E-state index contributed by atoms with van der Waals surface area (Å²) >= 11 is 5.78. The van der Waals surface area contributed by atoms with Crippen molar-refractivity contribution in [3.8, 4) is 0 Å². The molecule has 21 heavy (non-hydrogen) atoms. The van der Waals surface area contributed by atoms with E-state index >= 15 is 0 Å². The first-order chi connectivity index (χ1) is 9.90. The topological polar surface area (TPSA) is 62.6 Å². The lowest BCUT2D eigenvalue weighted by Gasteiger charge is -2.16. The quantitative estimate of drug-likeness (QED) is 0.694. The van der Waals surface area contributed by atoms with Gasteiger partial charge in [0.1, 0.15) is 0 Å². The van der Waals surface area contributed by atoms with Gasteiger partial charge in [-0.1, -0.05) is 18.5 Å². The molecule has 0 bridgehead atoms. The van der Waals surface area contributed by atoms with Gasteiger partial charge in [0.25, 0.3) is 11.8 Å². The molecule has 3 N–H and O–H groups in total. The summed E-state index contributed by atoms with van der Waals surface area (Å²) in [5, 5.41) is 6.28. The highest BCUT2D eigenvalue weighted by Gasteiger charge is 2.15. The second-order valence-electron chi connectivity index (χ2n) is 5.24. The van der Waals surface area contributed by atoms with Crippen LogP contribution in [0, 0.1) is 0 Å². The molecular formula is C15H23ClN3O2+. The number of rotatable bonds is 7. The second-order valence-corrected chi connectivity index (χ2v) is 5.68. The van der Waals surface area contributed by atoms with E-state index in [1.807, 2.05) is 20.9 Å². The fourth-order valence-electron chi connectivity index (χ4n) is 1.78. The van der Waals surface area contributed by atoms with Crippen LogP contribution in [-0.4, -0.2) is 38.0 Å². The minimum atomic E-state index is -0.133. The van der Waals surface area contributed by atoms with Gasteiger partial charge in [0.15, 0.2) is 13.1 Å². The molecule has 1 aromatic rings. The molecule has 0 radical (unpaired) electrons. The van der Waals surface area contributed by atoms with Crippen molar-refractivity contribution in [2.75, 3.05) is 25.5 Å². The number of quaternary nitrogens is 1. The number of hydrogen-bond donors (Lipinski definition) is 3. The summed E-state index contributed by atoms with van der Waals surface area (Å²) in [4.78, 5) is 24.4. The Hall–Kier alpha value is -1.59. The van der Waals surface area contributed by atoms with Crippen molar-refractivity contribution >= 4 is 29.1 Å². The molecule has 0 heterocycles. The highest BCUT2D eigenvalue weighted by Crippen LogP contribution is 2.12. The van der Waals surface area contributed by atoms with Gasteiger partial charge in [0, 0.05) is 16.8 Å². The Morgan fingerprint density at radius 2 is 1.76 bits per heavy atom. The average Bonchev–Trinajstić information content (AvgIpc) is 2.40. The molecule has 1 aromatic carbocycles. The van der Waals surface area contributed by atoms with E-state index in [4.69, 9.17) is 11.6 Å². The first-order valence-corrected chi connectivity index (χ1v) is 7.44. The van der Waals surface area contributed by atoms with Crippen LogP contribution in [0.25, 0.3) is 0 Å². The van der Waals surface area contributed by atoms with E-state index in [1.54, 1.807) is 24.3 Å². The molecule has 1 unspecified atom stereocenters. The molecule has 0 aliphatic carbocycles. The Balaban J connectivity index is 2.36. The van der Waals surface area contributed by atoms with Crippen LogP contribution >= 0.6 is 11.6 Å². The summed E-state index contributed by atoms with van der Waals surface area (Å²) in [7, 11) is 1.82. The van der Waals surface area contributed by atoms with E-state index in [9.17, 15) is 9.59 Å². The monoisotopic (exact) mass is 312 g/mol. The number of benzene rings is 1. The van der Waals surface area contributed by atoms with Crippen molar-refractivity contribution in [3.05, 3.63) is 29.3 Å². The van der Waals surface area contributed by atoms with Gasteiger partial charge in [-0.15, -0.1) is 0 Å². The number of amides is 2. The maximum Gasteiger partial charge on any atom is 0.279 e. The van der Waals surface area contributed by atoms with E-state index in [2.05, 4.69) is 10.6 Å². The zero-order chi connectivity index (χ0) is 15.8. The number of likely N-dealkylation sites (N-methyl/N-ethyl adjacent to an activating group) is 1. The van der Waals surface area contributed by atoms with Gasteiger partial charge in [0.2, 0.25) is 0 Å². The third-order valence-electron chi connectivity index (χ3n) is 3.07. The van der Waals surface area contributed by atoms with Crippen LogP contribution in [0.1, 0.15) is 20.3 Å². The van der Waals surface area contributed by atoms with Crippen LogP contribution < -0.4 is 15.5 Å². The molecule has 2 atom stereocenters. The van der Waals surface area contributed by atoms with Crippen LogP contribution in [0.5, 0.6) is 0 Å². The normalized spacial score (nSPS) is 13.3. The largest absolute Gasteiger partial charge is 0.349 e. The van der Waals surface area contributed by atoms with E-state index in [1.165, 1.54) is 0 Å². The number of carbonyl (C=O) groups is 2. The lowest BCUT2D eigenvalue weighted by atomic mass is 10.2. The SMILES string of the molecule is CC[C@H](C)NC(=O)C[NH+](C)CC(=O)Nc1ccc(Cl)cc1. The van der Waals surface area contributed by atoms with Crippen molar-refractivity contribution in [2.24, 2.45) is 0 Å². The molecule has 0 aliphatic heterocycles. The molecule has 2 amide bonds. The standard InChI is InChI=1S/C15H22ClN3O2/c1-4-11(2)17-14(20)9-19(3)10-15(21)18-13-7-5-12(16)6-8-13/h5-8,11H,4,9-10H2,1-3H3,(H,17,20)(H,18,21)/p+1/t11-/m0/s1. The van der Waals surface area contributed by atoms with Gasteiger partial charge in [-0.05, 0) is 37.6 Å². The molecule has 116 valence electrons. The molecule has 0 spiro atoms. The Morgan fingerprint density at radius 3 is 2.33 bits per heavy atom. The van der Waals surface area contributed by atoms with Crippen LogP contribution in [0.15, 0.2) is 24.3 Å². The minimum Gasteiger partial charge on any atom is -0.349 e. The predicted molar refractivity (Wildman–Crippen MR) is 84.6 cm³/mol. The molecule has 0 aliphatic rings. The van der Waals surface area contributed by atoms with Gasteiger partial charge in [-0.25, -0.2) is 0 Å². The summed E-state index contributed by atoms with van der Waals surface area (Å²) in [5.41, 5.74) is 0.696. The van der Waals surface area contributed by atoms with Crippen LogP contribution in [0.3, 0.4) is 0 Å². The Kier molecular flexibility index (Phi) is 7.19. The van der Waals surface area contributed by atoms with Gasteiger partial charge in [0.05, 0.1) is 7.05 Å². The molecule has 0 saturated heterocycles. The number of halogens is 1. The highest BCUT2D eigenvalue weighted by molar-refractivity contribution is 6.30. The Labute approximate surface area is 130 Å². The van der Waals surface area contributed by atoms with Gasteiger partial charge >= 0.3 is 0 Å². The summed E-state index contributed by atoms with van der Waals surface area (Å²) in [5.74, 6) is -0.174. The number of carbonyl (C=O) groups excluding carboxylic acids is 2. The highest BCUT2D eigenvalue weighted by atomic mass is 35.5. The van der Waals surface area contributed by atoms with E-state index < -0.39 is 0 Å². The molecule has 0 fully saturated rings. The van der Waals surface area contributed by atoms with Crippen molar-refractivity contribution in [1.82, 2.24) is 5.32 Å². The Morgan fingerprint density at radius 1 is 1.19 bits per heavy atom. The lowest BCUT2D eigenvalue weighted by molar-refractivity contribution is -0.862. The van der Waals surface area contributed by atoms with Gasteiger partial charge in [-0.2, -0.15) is 0 Å². The van der Waals surface area contributed by atoms with Crippen molar-refractivity contribution < 1.29 is 14.5 Å². The van der Waals surface area contributed by atoms with Crippen LogP contribution in [-0.2, 0) is 9.59 Å². The average molecular weight is 313 g/mol. The lowest BCUT2D eigenvalue weighted by Crippen LogP contribution is -3.11. The van der Waals surface area contributed by atoms with Crippen molar-refractivity contribution in [3.63, 3.8) is 0 Å². The molecule has 1 rings (SSSR count). The third kappa shape index (κ3) is 7.11. The molecule has 0 saturated carbocycles. The zero-order valence-corrected chi connectivity index (χ0v) is 13.5. The summed E-state index contributed by atoms with van der Waals surface area (Å²) in [6.07, 6.45) is 0.891. The predicted octanol–water partition coefficient (Wildman–Crippen LogP) is 0.708. The summed E-state index contributed by atoms with van der Waals surface area (Å²) in [6, 6.07) is 7.07. The van der Waals surface area contributed by atoms with Crippen molar-refractivity contribution in [2.45, 2.75) is 26.3 Å². The smallest absolute Gasteiger partial charge is 0.279 e.